The van der Waals surface area contributed by atoms with E-state index < -0.39 is 11.6 Å². The van der Waals surface area contributed by atoms with Crippen LogP contribution in [-0.2, 0) is 17.8 Å². The van der Waals surface area contributed by atoms with Crippen LogP contribution in [0.25, 0.3) is 0 Å². The maximum atomic E-state index is 11.4. The molecule has 0 radical (unpaired) electrons. The highest BCUT2D eigenvalue weighted by Crippen LogP contribution is 2.33. The predicted molar refractivity (Wildman–Crippen MR) is 125 cm³/mol. The molecule has 2 N–H and O–H groups in total. The minimum Gasteiger partial charge on any atom is -0.489 e. The van der Waals surface area contributed by atoms with Gasteiger partial charge in [-0.15, -0.1) is 0 Å². The molecule has 1 unspecified atom stereocenters. The summed E-state index contributed by atoms with van der Waals surface area (Å²) >= 11 is 8.13. The number of ether oxygens (including phenoxy) is 2. The van der Waals surface area contributed by atoms with Gasteiger partial charge in [0.1, 0.15) is 24.5 Å². The van der Waals surface area contributed by atoms with Gasteiger partial charge in [-0.2, -0.15) is 0 Å². The zero-order valence-electron chi connectivity index (χ0n) is 17.4. The molecule has 4 rings (SSSR count). The van der Waals surface area contributed by atoms with Gasteiger partial charge in [0.15, 0.2) is 0 Å². The Balaban J connectivity index is 1.32. The minimum atomic E-state index is -0.738. The summed E-state index contributed by atoms with van der Waals surface area (Å²) in [5.74, 6) is 0.826. The summed E-state index contributed by atoms with van der Waals surface area (Å²) in [6.07, 6.45) is 0.682. The van der Waals surface area contributed by atoms with E-state index in [2.05, 4.69) is 5.32 Å². The normalized spacial score (nSPS) is 17.6. The molecule has 1 saturated heterocycles. The molecular formula is C25H24ClNO4S. The monoisotopic (exact) mass is 469 g/mol. The lowest BCUT2D eigenvalue weighted by molar-refractivity contribution is 0.140. The highest BCUT2D eigenvalue weighted by atomic mass is 35.5. The van der Waals surface area contributed by atoms with Gasteiger partial charge in [0.2, 0.25) is 0 Å². The lowest BCUT2D eigenvalue weighted by atomic mass is 9.93. The van der Waals surface area contributed by atoms with Gasteiger partial charge in [-0.25, -0.2) is 4.79 Å². The molecular weight excluding hydrogens is 446 g/mol. The Bertz CT molecular complexity index is 1060. The number of carbonyl (C=O) groups is 1. The maximum Gasteiger partial charge on any atom is 0.407 e. The van der Waals surface area contributed by atoms with Crippen LogP contribution in [0.2, 0.25) is 5.02 Å². The third-order valence-corrected chi connectivity index (χ3v) is 6.70. The first-order chi connectivity index (χ1) is 15.5. The minimum absolute atomic E-state index is 0.166. The third-order valence-electron chi connectivity index (χ3n) is 5.35. The maximum absolute atomic E-state index is 11.4. The second kappa shape index (κ2) is 10.3. The highest BCUT2D eigenvalue weighted by molar-refractivity contribution is 7.99. The molecule has 5 nitrogen and oxygen atoms in total. The van der Waals surface area contributed by atoms with E-state index in [4.69, 9.17) is 21.1 Å². The fourth-order valence-corrected chi connectivity index (χ4v) is 4.64. The number of rotatable bonds is 9. The summed E-state index contributed by atoms with van der Waals surface area (Å²) < 4.78 is 10.8. The number of halogens is 1. The van der Waals surface area contributed by atoms with Gasteiger partial charge in [-0.05, 0) is 60.4 Å². The summed E-state index contributed by atoms with van der Waals surface area (Å²) in [7, 11) is 0. The number of hydrogen-bond acceptors (Lipinski definition) is 5. The standard InChI is InChI=1S/C25H24ClNO4S/c26-23-14-22(9-6-19(23)12-13-25(16-28)17-31-24(29)27-25)32-21-10-7-20(8-11-21)30-15-18-4-2-1-3-5-18/h1-11,14,28H,12-13,15-17H2,(H,27,29). The van der Waals surface area contributed by atoms with E-state index >= 15 is 0 Å². The molecule has 0 bridgehead atoms. The fraction of sp³-hybridized carbons (Fsp3) is 0.240. The van der Waals surface area contributed by atoms with Gasteiger partial charge in [0, 0.05) is 14.8 Å². The Labute approximate surface area is 196 Å². The summed E-state index contributed by atoms with van der Waals surface area (Å²) in [4.78, 5) is 13.5. The summed E-state index contributed by atoms with van der Waals surface area (Å²) in [6, 6.07) is 24.0. The van der Waals surface area contributed by atoms with Crippen molar-refractivity contribution in [2.75, 3.05) is 13.2 Å². The van der Waals surface area contributed by atoms with E-state index in [0.717, 1.165) is 26.7 Å². The molecule has 7 heteroatoms. The first kappa shape index (κ1) is 22.5. The number of carbonyl (C=O) groups excluding carboxylic acids is 1. The van der Waals surface area contributed by atoms with Gasteiger partial charge in [-0.1, -0.05) is 59.8 Å². The number of nitrogens with one attached hydrogen (secondary N) is 1. The van der Waals surface area contributed by atoms with Crippen molar-refractivity contribution in [3.05, 3.63) is 88.9 Å². The van der Waals surface area contributed by atoms with Crippen molar-refractivity contribution in [2.45, 2.75) is 34.8 Å². The highest BCUT2D eigenvalue weighted by Gasteiger charge is 2.38. The van der Waals surface area contributed by atoms with Crippen molar-refractivity contribution >= 4 is 29.5 Å². The Morgan fingerprint density at radius 1 is 1.06 bits per heavy atom. The van der Waals surface area contributed by atoms with Crippen LogP contribution in [0.4, 0.5) is 4.79 Å². The average molecular weight is 470 g/mol. The van der Waals surface area contributed by atoms with Gasteiger partial charge < -0.3 is 19.9 Å². The zero-order chi connectivity index (χ0) is 22.4. The number of aryl methyl sites for hydroxylation is 1. The van der Waals surface area contributed by atoms with Crippen molar-refractivity contribution in [3.8, 4) is 5.75 Å². The molecule has 3 aromatic rings. The zero-order valence-corrected chi connectivity index (χ0v) is 19.0. The number of hydrogen-bond donors (Lipinski definition) is 2. The van der Waals surface area contributed by atoms with Gasteiger partial charge in [-0.3, -0.25) is 0 Å². The molecule has 32 heavy (non-hydrogen) atoms. The van der Waals surface area contributed by atoms with Crippen LogP contribution in [0.5, 0.6) is 5.75 Å². The Morgan fingerprint density at radius 3 is 2.47 bits per heavy atom. The van der Waals surface area contributed by atoms with Crippen LogP contribution in [-0.4, -0.2) is 30.0 Å². The van der Waals surface area contributed by atoms with Crippen molar-refractivity contribution in [3.63, 3.8) is 0 Å². The first-order valence-corrected chi connectivity index (χ1v) is 11.5. The van der Waals surface area contributed by atoms with Crippen molar-refractivity contribution in [1.82, 2.24) is 5.32 Å². The van der Waals surface area contributed by atoms with Crippen LogP contribution in [0, 0.1) is 0 Å². The molecule has 1 aliphatic heterocycles. The fourth-order valence-electron chi connectivity index (χ4n) is 3.44. The van der Waals surface area contributed by atoms with Crippen molar-refractivity contribution in [2.24, 2.45) is 0 Å². The molecule has 1 aliphatic rings. The molecule has 1 heterocycles. The molecule has 166 valence electrons. The Kier molecular flexibility index (Phi) is 7.25. The topological polar surface area (TPSA) is 67.8 Å². The molecule has 0 aliphatic carbocycles. The first-order valence-electron chi connectivity index (χ1n) is 10.3. The average Bonchev–Trinajstić information content (AvgIpc) is 3.20. The number of aliphatic hydroxyl groups is 1. The number of alkyl carbamates (subject to hydrolysis) is 1. The second-order valence-electron chi connectivity index (χ2n) is 7.74. The number of benzene rings is 3. The van der Waals surface area contributed by atoms with E-state index in [0.29, 0.717) is 24.5 Å². The smallest absolute Gasteiger partial charge is 0.407 e. The molecule has 0 spiro atoms. The van der Waals surface area contributed by atoms with E-state index in [-0.39, 0.29) is 13.2 Å². The summed E-state index contributed by atoms with van der Waals surface area (Å²) in [5.41, 5.74) is 1.36. The van der Waals surface area contributed by atoms with Gasteiger partial charge >= 0.3 is 6.09 Å². The van der Waals surface area contributed by atoms with Crippen LogP contribution in [0.15, 0.2) is 82.6 Å². The largest absolute Gasteiger partial charge is 0.489 e. The number of aliphatic hydroxyl groups excluding tert-OH is 1. The van der Waals surface area contributed by atoms with Gasteiger partial charge in [0.05, 0.1) is 6.61 Å². The quantitative estimate of drug-likeness (QED) is 0.434. The Hall–Kier alpha value is -2.67. The lowest BCUT2D eigenvalue weighted by Gasteiger charge is -2.23. The van der Waals surface area contributed by atoms with Gasteiger partial charge in [0.25, 0.3) is 0 Å². The molecule has 1 atom stereocenters. The summed E-state index contributed by atoms with van der Waals surface area (Å²) in [6.45, 7) is 0.534. The molecule has 1 fully saturated rings. The van der Waals surface area contributed by atoms with Crippen molar-refractivity contribution in [1.29, 1.82) is 0 Å². The lowest BCUT2D eigenvalue weighted by Crippen LogP contribution is -2.47. The number of amides is 1. The predicted octanol–water partition coefficient (Wildman–Crippen LogP) is 5.47. The van der Waals surface area contributed by atoms with Crippen LogP contribution < -0.4 is 10.1 Å². The van der Waals surface area contributed by atoms with E-state index in [1.165, 1.54) is 0 Å². The van der Waals surface area contributed by atoms with Crippen LogP contribution >= 0.6 is 23.4 Å². The SMILES string of the molecule is O=C1NC(CO)(CCc2ccc(Sc3ccc(OCc4ccccc4)cc3)cc2Cl)CO1. The molecule has 3 aromatic carbocycles. The van der Waals surface area contributed by atoms with E-state index in [1.807, 2.05) is 72.8 Å². The molecule has 1 amide bonds. The van der Waals surface area contributed by atoms with Crippen LogP contribution in [0.1, 0.15) is 17.5 Å². The molecule has 0 aromatic heterocycles. The second-order valence-corrected chi connectivity index (χ2v) is 9.29. The van der Waals surface area contributed by atoms with E-state index in [1.54, 1.807) is 11.8 Å². The van der Waals surface area contributed by atoms with Crippen molar-refractivity contribution < 1.29 is 19.4 Å². The van der Waals surface area contributed by atoms with E-state index in [9.17, 15) is 9.90 Å². The molecule has 0 saturated carbocycles. The Morgan fingerprint density at radius 2 is 1.81 bits per heavy atom. The third kappa shape index (κ3) is 5.76. The van der Waals surface area contributed by atoms with Crippen LogP contribution in [0.3, 0.4) is 0 Å². The summed E-state index contributed by atoms with van der Waals surface area (Å²) in [5, 5.41) is 13.0. The number of cyclic esters (lactones) is 1.